The highest BCUT2D eigenvalue weighted by Gasteiger charge is 2.13. The fourth-order valence-electron chi connectivity index (χ4n) is 2.48. The predicted octanol–water partition coefficient (Wildman–Crippen LogP) is 4.16. The smallest absolute Gasteiger partial charge is 0.0446 e. The Labute approximate surface area is 125 Å². The van der Waals surface area contributed by atoms with Crippen LogP contribution in [0.25, 0.3) is 0 Å². The van der Waals surface area contributed by atoms with E-state index in [0.29, 0.717) is 6.04 Å². The Balaban J connectivity index is 2.63. The topological polar surface area (TPSA) is 15.3 Å². The summed E-state index contributed by atoms with van der Waals surface area (Å²) in [5, 5.41) is 3.48. The lowest BCUT2D eigenvalue weighted by molar-refractivity contribution is 0.239. The third kappa shape index (κ3) is 6.06. The lowest BCUT2D eigenvalue weighted by atomic mass is 10.0. The number of nitrogens with one attached hydrogen (secondary N) is 1. The first kappa shape index (κ1) is 17.2. The molecule has 114 valence electrons. The largest absolute Gasteiger partial charge is 0.312 e. The minimum atomic E-state index is 0.435. The third-order valence-electron chi connectivity index (χ3n) is 3.92. The van der Waals surface area contributed by atoms with Gasteiger partial charge in [-0.3, -0.25) is 0 Å². The first-order valence-corrected chi connectivity index (χ1v) is 8.17. The van der Waals surface area contributed by atoms with E-state index < -0.39 is 0 Å². The van der Waals surface area contributed by atoms with Gasteiger partial charge in [0.2, 0.25) is 0 Å². The molecular formula is C18H32N2. The Bertz CT molecular complexity index is 337. The average Bonchev–Trinajstić information content (AvgIpc) is 2.47. The Kier molecular flexibility index (Phi) is 8.56. The SMILES string of the molecule is CCCCN(CCCC)CC(NC)c1ccc(C)cc1. The first-order chi connectivity index (χ1) is 9.71. The standard InChI is InChI=1S/C18H32N2/c1-5-7-13-20(14-8-6-2)15-18(19-4)17-11-9-16(3)10-12-17/h9-12,18-19H,5-8,13-15H2,1-4H3. The van der Waals surface area contributed by atoms with Crippen LogP contribution in [0.5, 0.6) is 0 Å². The van der Waals surface area contributed by atoms with Gasteiger partial charge in [0, 0.05) is 12.6 Å². The summed E-state index contributed by atoms with van der Waals surface area (Å²) in [7, 11) is 2.07. The third-order valence-corrected chi connectivity index (χ3v) is 3.92. The van der Waals surface area contributed by atoms with Crippen molar-refractivity contribution in [2.75, 3.05) is 26.7 Å². The molecule has 0 heterocycles. The first-order valence-electron chi connectivity index (χ1n) is 8.17. The summed E-state index contributed by atoms with van der Waals surface area (Å²) in [6, 6.07) is 9.37. The molecule has 0 bridgehead atoms. The van der Waals surface area contributed by atoms with Crippen molar-refractivity contribution in [3.8, 4) is 0 Å². The average molecular weight is 276 g/mol. The Morgan fingerprint density at radius 2 is 1.55 bits per heavy atom. The molecule has 0 saturated carbocycles. The second-order valence-corrected chi connectivity index (χ2v) is 5.76. The van der Waals surface area contributed by atoms with E-state index in [1.807, 2.05) is 0 Å². The minimum absolute atomic E-state index is 0.435. The molecule has 1 aromatic rings. The van der Waals surface area contributed by atoms with Gasteiger partial charge in [-0.25, -0.2) is 0 Å². The van der Waals surface area contributed by atoms with Gasteiger partial charge in [-0.05, 0) is 45.5 Å². The molecule has 0 aliphatic heterocycles. The molecule has 0 fully saturated rings. The maximum Gasteiger partial charge on any atom is 0.0446 e. The number of hydrogen-bond acceptors (Lipinski definition) is 2. The molecular weight excluding hydrogens is 244 g/mol. The van der Waals surface area contributed by atoms with Gasteiger partial charge >= 0.3 is 0 Å². The molecule has 0 spiro atoms. The van der Waals surface area contributed by atoms with Gasteiger partial charge in [0.05, 0.1) is 0 Å². The van der Waals surface area contributed by atoms with Crippen LogP contribution >= 0.6 is 0 Å². The van der Waals surface area contributed by atoms with Crippen LogP contribution in [0, 0.1) is 6.92 Å². The van der Waals surface area contributed by atoms with Crippen LogP contribution in [0.4, 0.5) is 0 Å². The summed E-state index contributed by atoms with van der Waals surface area (Å²) in [4.78, 5) is 2.62. The maximum atomic E-state index is 3.48. The lowest BCUT2D eigenvalue weighted by Crippen LogP contribution is -2.35. The van der Waals surface area contributed by atoms with E-state index in [2.05, 4.69) is 62.3 Å². The number of unbranched alkanes of at least 4 members (excludes halogenated alkanes) is 2. The highest BCUT2D eigenvalue weighted by molar-refractivity contribution is 5.24. The Hall–Kier alpha value is -0.860. The second-order valence-electron chi connectivity index (χ2n) is 5.76. The molecule has 1 atom stereocenters. The van der Waals surface area contributed by atoms with Gasteiger partial charge in [0.15, 0.2) is 0 Å². The highest BCUT2D eigenvalue weighted by Crippen LogP contribution is 2.16. The van der Waals surface area contributed by atoms with Gasteiger partial charge in [-0.15, -0.1) is 0 Å². The van der Waals surface area contributed by atoms with E-state index >= 15 is 0 Å². The molecule has 0 radical (unpaired) electrons. The van der Waals surface area contributed by atoms with E-state index in [1.165, 1.54) is 49.9 Å². The number of nitrogens with zero attached hydrogens (tertiary/aromatic N) is 1. The quantitative estimate of drug-likeness (QED) is 0.690. The van der Waals surface area contributed by atoms with E-state index in [1.54, 1.807) is 0 Å². The van der Waals surface area contributed by atoms with E-state index in [-0.39, 0.29) is 0 Å². The monoisotopic (exact) mass is 276 g/mol. The molecule has 1 aromatic carbocycles. The molecule has 0 aromatic heterocycles. The van der Waals surface area contributed by atoms with Crippen molar-refractivity contribution in [3.05, 3.63) is 35.4 Å². The molecule has 1 rings (SSSR count). The minimum Gasteiger partial charge on any atom is -0.312 e. The molecule has 0 amide bonds. The molecule has 2 heteroatoms. The molecule has 0 aliphatic carbocycles. The number of hydrogen-bond donors (Lipinski definition) is 1. The number of likely N-dealkylation sites (N-methyl/N-ethyl adjacent to an activating group) is 1. The van der Waals surface area contributed by atoms with E-state index in [0.717, 1.165) is 6.54 Å². The number of rotatable bonds is 10. The predicted molar refractivity (Wildman–Crippen MR) is 89.2 cm³/mol. The fraction of sp³-hybridized carbons (Fsp3) is 0.667. The molecule has 20 heavy (non-hydrogen) atoms. The van der Waals surface area contributed by atoms with Crippen LogP contribution < -0.4 is 5.32 Å². The van der Waals surface area contributed by atoms with Crippen LogP contribution in [0.15, 0.2) is 24.3 Å². The zero-order valence-corrected chi connectivity index (χ0v) is 13.8. The lowest BCUT2D eigenvalue weighted by Gasteiger charge is -2.27. The second kappa shape index (κ2) is 9.95. The van der Waals surface area contributed by atoms with Crippen molar-refractivity contribution in [3.63, 3.8) is 0 Å². The van der Waals surface area contributed by atoms with Crippen molar-refractivity contribution in [2.24, 2.45) is 0 Å². The van der Waals surface area contributed by atoms with E-state index in [4.69, 9.17) is 0 Å². The van der Waals surface area contributed by atoms with Gasteiger partial charge in [-0.1, -0.05) is 56.5 Å². The summed E-state index contributed by atoms with van der Waals surface area (Å²) < 4.78 is 0. The summed E-state index contributed by atoms with van der Waals surface area (Å²) in [5.41, 5.74) is 2.73. The van der Waals surface area contributed by atoms with Crippen LogP contribution in [0.1, 0.15) is 56.7 Å². The molecule has 0 saturated heterocycles. The summed E-state index contributed by atoms with van der Waals surface area (Å²) in [6.45, 7) is 10.2. The number of aryl methyl sites for hydroxylation is 1. The zero-order valence-electron chi connectivity index (χ0n) is 13.8. The van der Waals surface area contributed by atoms with Crippen LogP contribution in [-0.2, 0) is 0 Å². The van der Waals surface area contributed by atoms with Crippen LogP contribution in [-0.4, -0.2) is 31.6 Å². The summed E-state index contributed by atoms with van der Waals surface area (Å²) in [5.74, 6) is 0. The van der Waals surface area contributed by atoms with Crippen molar-refractivity contribution in [1.82, 2.24) is 10.2 Å². The Morgan fingerprint density at radius 1 is 1.00 bits per heavy atom. The highest BCUT2D eigenvalue weighted by atomic mass is 15.1. The molecule has 0 aliphatic rings. The van der Waals surface area contributed by atoms with Crippen molar-refractivity contribution < 1.29 is 0 Å². The van der Waals surface area contributed by atoms with Gasteiger partial charge in [0.1, 0.15) is 0 Å². The summed E-state index contributed by atoms with van der Waals surface area (Å²) >= 11 is 0. The fourth-order valence-corrected chi connectivity index (χ4v) is 2.48. The number of benzene rings is 1. The van der Waals surface area contributed by atoms with E-state index in [9.17, 15) is 0 Å². The van der Waals surface area contributed by atoms with Crippen LogP contribution in [0.3, 0.4) is 0 Å². The maximum absolute atomic E-state index is 3.48. The molecule has 1 N–H and O–H groups in total. The zero-order chi connectivity index (χ0) is 14.8. The van der Waals surface area contributed by atoms with Gasteiger partial charge in [-0.2, -0.15) is 0 Å². The normalized spacial score (nSPS) is 12.8. The van der Waals surface area contributed by atoms with Crippen LogP contribution in [0.2, 0.25) is 0 Å². The Morgan fingerprint density at radius 3 is 2.00 bits per heavy atom. The van der Waals surface area contributed by atoms with Gasteiger partial charge < -0.3 is 10.2 Å². The van der Waals surface area contributed by atoms with Crippen molar-refractivity contribution >= 4 is 0 Å². The van der Waals surface area contributed by atoms with Crippen molar-refractivity contribution in [2.45, 2.75) is 52.5 Å². The summed E-state index contributed by atoms with van der Waals surface area (Å²) in [6.07, 6.45) is 5.15. The van der Waals surface area contributed by atoms with Gasteiger partial charge in [0.25, 0.3) is 0 Å². The molecule has 2 nitrogen and oxygen atoms in total. The van der Waals surface area contributed by atoms with Crippen molar-refractivity contribution in [1.29, 1.82) is 0 Å². The molecule has 1 unspecified atom stereocenters.